The van der Waals surface area contributed by atoms with Crippen LogP contribution in [0.2, 0.25) is 5.02 Å². The second-order valence-corrected chi connectivity index (χ2v) is 5.72. The fourth-order valence-electron chi connectivity index (χ4n) is 2.28. The van der Waals surface area contributed by atoms with Gasteiger partial charge in [0.05, 0.1) is 17.6 Å². The van der Waals surface area contributed by atoms with Crippen LogP contribution in [0.5, 0.6) is 5.75 Å². The van der Waals surface area contributed by atoms with Gasteiger partial charge in [-0.05, 0) is 42.8 Å². The standard InChI is InChI=1S/C18H15ClFN3O2/c1-12-17(11-22-23(12)15-8-6-14(20)7-9-15)25-18(24)21-10-13-4-2-3-5-16(13)19/h2-9,11H,10H2,1H3,(H,21,24). The molecule has 0 aliphatic rings. The van der Waals surface area contributed by atoms with Crippen molar-refractivity contribution in [2.75, 3.05) is 0 Å². The van der Waals surface area contributed by atoms with Gasteiger partial charge in [0.25, 0.3) is 0 Å². The van der Waals surface area contributed by atoms with Crippen LogP contribution in [0, 0.1) is 12.7 Å². The van der Waals surface area contributed by atoms with Gasteiger partial charge in [0.1, 0.15) is 5.82 Å². The molecule has 0 bridgehead atoms. The Morgan fingerprint density at radius 2 is 1.96 bits per heavy atom. The number of rotatable bonds is 4. The fraction of sp³-hybridized carbons (Fsp3) is 0.111. The number of amides is 1. The molecule has 1 aromatic heterocycles. The lowest BCUT2D eigenvalue weighted by atomic mass is 10.2. The van der Waals surface area contributed by atoms with Crippen molar-refractivity contribution in [1.29, 1.82) is 0 Å². The molecule has 3 aromatic rings. The van der Waals surface area contributed by atoms with Gasteiger partial charge < -0.3 is 10.1 Å². The van der Waals surface area contributed by atoms with Crippen LogP contribution in [0.4, 0.5) is 9.18 Å². The first-order valence-corrected chi connectivity index (χ1v) is 7.92. The zero-order valence-corrected chi connectivity index (χ0v) is 14.1. The van der Waals surface area contributed by atoms with Crippen molar-refractivity contribution in [1.82, 2.24) is 15.1 Å². The first-order valence-electron chi connectivity index (χ1n) is 7.54. The van der Waals surface area contributed by atoms with Gasteiger partial charge in [0.2, 0.25) is 0 Å². The molecule has 0 aliphatic heterocycles. The van der Waals surface area contributed by atoms with Gasteiger partial charge in [-0.3, -0.25) is 0 Å². The predicted molar refractivity (Wildman–Crippen MR) is 92.6 cm³/mol. The Morgan fingerprint density at radius 3 is 2.68 bits per heavy atom. The number of aromatic nitrogens is 2. The number of nitrogens with zero attached hydrogens (tertiary/aromatic N) is 2. The maximum absolute atomic E-state index is 13.0. The first-order chi connectivity index (χ1) is 12.0. The third kappa shape index (κ3) is 3.97. The largest absolute Gasteiger partial charge is 0.412 e. The summed E-state index contributed by atoms with van der Waals surface area (Å²) in [6, 6.07) is 13.1. The monoisotopic (exact) mass is 359 g/mol. The Morgan fingerprint density at radius 1 is 1.24 bits per heavy atom. The number of nitrogens with one attached hydrogen (secondary N) is 1. The van der Waals surface area contributed by atoms with E-state index >= 15 is 0 Å². The van der Waals surface area contributed by atoms with Crippen LogP contribution in [0.1, 0.15) is 11.3 Å². The van der Waals surface area contributed by atoms with Crippen molar-refractivity contribution < 1.29 is 13.9 Å². The lowest BCUT2D eigenvalue weighted by molar-refractivity contribution is 0.199. The van der Waals surface area contributed by atoms with Crippen molar-refractivity contribution in [2.24, 2.45) is 0 Å². The Kier molecular flexibility index (Phi) is 5.00. The summed E-state index contributed by atoms with van der Waals surface area (Å²) in [7, 11) is 0. The minimum absolute atomic E-state index is 0.254. The normalized spacial score (nSPS) is 10.5. The number of benzene rings is 2. The van der Waals surface area contributed by atoms with Crippen LogP contribution in [-0.2, 0) is 6.54 Å². The van der Waals surface area contributed by atoms with Gasteiger partial charge in [-0.2, -0.15) is 5.10 Å². The summed E-state index contributed by atoms with van der Waals surface area (Å²) in [5.74, 6) is -0.00929. The number of hydrogen-bond acceptors (Lipinski definition) is 3. The van der Waals surface area contributed by atoms with Crippen LogP contribution in [0.15, 0.2) is 54.7 Å². The first kappa shape index (κ1) is 17.0. The topological polar surface area (TPSA) is 56.1 Å². The molecule has 3 rings (SSSR count). The average molecular weight is 360 g/mol. The molecule has 0 aliphatic carbocycles. The Bertz CT molecular complexity index is 894. The molecule has 5 nitrogen and oxygen atoms in total. The molecule has 0 spiro atoms. The second kappa shape index (κ2) is 7.36. The fourth-order valence-corrected chi connectivity index (χ4v) is 2.49. The molecule has 1 N–H and O–H groups in total. The lowest BCUT2D eigenvalue weighted by Crippen LogP contribution is -2.26. The van der Waals surface area contributed by atoms with Gasteiger partial charge in [-0.25, -0.2) is 13.9 Å². The highest BCUT2D eigenvalue weighted by molar-refractivity contribution is 6.31. The molecule has 0 atom stereocenters. The van der Waals surface area contributed by atoms with E-state index in [9.17, 15) is 9.18 Å². The zero-order chi connectivity index (χ0) is 17.8. The lowest BCUT2D eigenvalue weighted by Gasteiger charge is -2.08. The number of hydrogen-bond donors (Lipinski definition) is 1. The van der Waals surface area contributed by atoms with Gasteiger partial charge in [0.15, 0.2) is 5.75 Å². The van der Waals surface area contributed by atoms with Gasteiger partial charge in [-0.15, -0.1) is 0 Å². The summed E-state index contributed by atoms with van der Waals surface area (Å²) in [5.41, 5.74) is 2.09. The highest BCUT2D eigenvalue weighted by Crippen LogP contribution is 2.21. The molecule has 0 radical (unpaired) electrons. The SMILES string of the molecule is Cc1c(OC(=O)NCc2ccccc2Cl)cnn1-c1ccc(F)cc1. The van der Waals surface area contributed by atoms with Crippen molar-refractivity contribution in [2.45, 2.75) is 13.5 Å². The molecule has 0 saturated heterocycles. The summed E-state index contributed by atoms with van der Waals surface area (Å²) in [6.45, 7) is 2.01. The summed E-state index contributed by atoms with van der Waals surface area (Å²) in [5, 5.41) is 7.38. The molecular weight excluding hydrogens is 345 g/mol. The van der Waals surface area contributed by atoms with E-state index in [1.807, 2.05) is 18.2 Å². The minimum atomic E-state index is -0.610. The van der Waals surface area contributed by atoms with E-state index in [1.165, 1.54) is 18.3 Å². The highest BCUT2D eigenvalue weighted by atomic mass is 35.5. The van der Waals surface area contributed by atoms with E-state index in [-0.39, 0.29) is 12.4 Å². The summed E-state index contributed by atoms with van der Waals surface area (Å²) < 4.78 is 19.9. The van der Waals surface area contributed by atoms with Crippen LogP contribution < -0.4 is 10.1 Å². The smallest absolute Gasteiger partial charge is 0.407 e. The van der Waals surface area contributed by atoms with Gasteiger partial charge in [0, 0.05) is 11.6 Å². The van der Waals surface area contributed by atoms with E-state index < -0.39 is 6.09 Å². The van der Waals surface area contributed by atoms with Gasteiger partial charge in [-0.1, -0.05) is 29.8 Å². The molecule has 25 heavy (non-hydrogen) atoms. The van der Waals surface area contributed by atoms with Crippen molar-refractivity contribution in [3.05, 3.63) is 76.8 Å². The average Bonchev–Trinajstić information content (AvgIpc) is 2.96. The summed E-state index contributed by atoms with van der Waals surface area (Å²) in [6.07, 6.45) is 0.829. The summed E-state index contributed by atoms with van der Waals surface area (Å²) >= 11 is 6.04. The third-order valence-electron chi connectivity index (χ3n) is 3.62. The van der Waals surface area contributed by atoms with Crippen LogP contribution in [0.3, 0.4) is 0 Å². The molecule has 7 heteroatoms. The van der Waals surface area contributed by atoms with Crippen molar-refractivity contribution in [3.8, 4) is 11.4 Å². The van der Waals surface area contributed by atoms with E-state index in [1.54, 1.807) is 29.8 Å². The molecule has 1 heterocycles. The Balaban J connectivity index is 1.66. The molecule has 2 aromatic carbocycles. The molecule has 0 unspecified atom stereocenters. The van der Waals surface area contributed by atoms with Crippen LogP contribution in [-0.4, -0.2) is 15.9 Å². The quantitative estimate of drug-likeness (QED) is 0.757. The molecule has 128 valence electrons. The number of ether oxygens (including phenoxy) is 1. The third-order valence-corrected chi connectivity index (χ3v) is 3.99. The van der Waals surface area contributed by atoms with Crippen LogP contribution in [0.25, 0.3) is 5.69 Å². The Labute approximate surface area is 149 Å². The number of carbonyl (C=O) groups is 1. The minimum Gasteiger partial charge on any atom is -0.407 e. The molecular formula is C18H15ClFN3O2. The molecule has 1 amide bonds. The van der Waals surface area contributed by atoms with E-state index in [4.69, 9.17) is 16.3 Å². The van der Waals surface area contributed by atoms with Crippen molar-refractivity contribution >= 4 is 17.7 Å². The molecule has 0 saturated carbocycles. The van der Waals surface area contributed by atoms with E-state index in [0.717, 1.165) is 5.56 Å². The second-order valence-electron chi connectivity index (χ2n) is 5.32. The van der Waals surface area contributed by atoms with Crippen molar-refractivity contribution in [3.63, 3.8) is 0 Å². The highest BCUT2D eigenvalue weighted by Gasteiger charge is 2.13. The van der Waals surface area contributed by atoms with Crippen LogP contribution >= 0.6 is 11.6 Å². The van der Waals surface area contributed by atoms with Gasteiger partial charge >= 0.3 is 6.09 Å². The number of carbonyl (C=O) groups excluding carboxylic acids is 1. The Hall–Kier alpha value is -2.86. The van der Waals surface area contributed by atoms with E-state index in [0.29, 0.717) is 22.2 Å². The maximum atomic E-state index is 13.0. The maximum Gasteiger partial charge on any atom is 0.412 e. The predicted octanol–water partition coefficient (Wildman–Crippen LogP) is 4.26. The van der Waals surface area contributed by atoms with E-state index in [2.05, 4.69) is 10.4 Å². The number of halogens is 2. The zero-order valence-electron chi connectivity index (χ0n) is 13.4. The summed E-state index contributed by atoms with van der Waals surface area (Å²) in [4.78, 5) is 12.0. The molecule has 0 fully saturated rings.